The van der Waals surface area contributed by atoms with Gasteiger partial charge in [-0.15, -0.1) is 0 Å². The lowest BCUT2D eigenvalue weighted by Crippen LogP contribution is -1.99. The van der Waals surface area contributed by atoms with Gasteiger partial charge in [0, 0.05) is 23.5 Å². The summed E-state index contributed by atoms with van der Waals surface area (Å²) in [6.45, 7) is 0. The first-order valence-corrected chi connectivity index (χ1v) is 7.73. The van der Waals surface area contributed by atoms with Crippen molar-refractivity contribution in [2.24, 2.45) is 0 Å². The lowest BCUT2D eigenvalue weighted by atomic mass is 10.1. The smallest absolute Gasteiger partial charge is 0.151 e. The lowest BCUT2D eigenvalue weighted by Gasteiger charge is -2.08. The molecule has 1 aromatic carbocycles. The molecule has 0 spiro atoms. The zero-order chi connectivity index (χ0) is 15.8. The first-order chi connectivity index (χ1) is 11.3. The molecule has 0 saturated carbocycles. The molecule has 116 valence electrons. The monoisotopic (exact) mass is 306 g/mol. The molecule has 3 aromatic rings. The minimum atomic E-state index is 0.489. The molecule has 4 rings (SSSR count). The summed E-state index contributed by atoms with van der Waals surface area (Å²) in [5.41, 5.74) is 11.4. The van der Waals surface area contributed by atoms with Crippen molar-refractivity contribution < 1.29 is 4.74 Å². The Hall–Kier alpha value is -2.82. The molecule has 23 heavy (non-hydrogen) atoms. The first-order valence-electron chi connectivity index (χ1n) is 7.73. The van der Waals surface area contributed by atoms with E-state index >= 15 is 0 Å². The molecular weight excluding hydrogens is 288 g/mol. The molecule has 2 heterocycles. The van der Waals surface area contributed by atoms with Crippen LogP contribution in [0.2, 0.25) is 0 Å². The number of anilines is 1. The number of aromatic nitrogens is 3. The molecule has 0 saturated heterocycles. The predicted molar refractivity (Wildman–Crippen MR) is 91.7 cm³/mol. The Morgan fingerprint density at radius 2 is 2.17 bits per heavy atom. The van der Waals surface area contributed by atoms with Gasteiger partial charge >= 0.3 is 0 Å². The van der Waals surface area contributed by atoms with E-state index in [1.54, 1.807) is 7.11 Å². The molecular formula is C18H18N4O. The van der Waals surface area contributed by atoms with E-state index in [1.807, 2.05) is 24.3 Å². The first kappa shape index (κ1) is 13.8. The summed E-state index contributed by atoms with van der Waals surface area (Å²) >= 11 is 0. The minimum Gasteiger partial charge on any atom is -0.497 e. The van der Waals surface area contributed by atoms with Gasteiger partial charge in [-0.25, -0.2) is 9.97 Å². The van der Waals surface area contributed by atoms with Crippen LogP contribution in [0.5, 0.6) is 5.75 Å². The second-order valence-corrected chi connectivity index (χ2v) is 5.69. The summed E-state index contributed by atoms with van der Waals surface area (Å²) in [5, 5.41) is 0. The third-order valence-corrected chi connectivity index (χ3v) is 4.32. The lowest BCUT2D eigenvalue weighted by molar-refractivity contribution is 0.414. The van der Waals surface area contributed by atoms with Crippen LogP contribution in [-0.2, 0) is 0 Å². The van der Waals surface area contributed by atoms with E-state index in [4.69, 9.17) is 10.5 Å². The molecule has 0 amide bonds. The van der Waals surface area contributed by atoms with Gasteiger partial charge in [-0.05, 0) is 37.0 Å². The summed E-state index contributed by atoms with van der Waals surface area (Å²) in [4.78, 5) is 8.66. The third-order valence-electron chi connectivity index (χ3n) is 4.32. The molecule has 0 fully saturated rings. The summed E-state index contributed by atoms with van der Waals surface area (Å²) in [7, 11) is 1.67. The van der Waals surface area contributed by atoms with Crippen molar-refractivity contribution in [3.05, 3.63) is 48.4 Å². The standard InChI is InChI=1S/C18H18N4O/c1-23-14-8-4-7-13(9-14)22-10-15(12-5-2-3-6-12)16-17(22)18(19)21-11-20-16/h4-5,7-11H,2-3,6H2,1H3,(H2,19,20,21). The van der Waals surface area contributed by atoms with Crippen molar-refractivity contribution in [1.29, 1.82) is 0 Å². The number of nitrogens with zero attached hydrogens (tertiary/aromatic N) is 3. The molecule has 0 atom stereocenters. The Morgan fingerprint density at radius 3 is 2.96 bits per heavy atom. The van der Waals surface area contributed by atoms with Gasteiger partial charge in [0.2, 0.25) is 0 Å². The maximum atomic E-state index is 6.15. The van der Waals surface area contributed by atoms with Gasteiger partial charge in [0.15, 0.2) is 5.82 Å². The topological polar surface area (TPSA) is 66.0 Å². The van der Waals surface area contributed by atoms with E-state index in [-0.39, 0.29) is 0 Å². The summed E-state index contributed by atoms with van der Waals surface area (Å²) < 4.78 is 7.40. The number of benzene rings is 1. The van der Waals surface area contributed by atoms with Gasteiger partial charge in [0.05, 0.1) is 7.11 Å². The number of nitrogen functional groups attached to an aromatic ring is 1. The average Bonchev–Trinajstić information content (AvgIpc) is 3.23. The van der Waals surface area contributed by atoms with Gasteiger partial charge in [-0.3, -0.25) is 0 Å². The molecule has 0 aliphatic heterocycles. The summed E-state index contributed by atoms with van der Waals surface area (Å²) in [6, 6.07) is 7.91. The molecule has 5 nitrogen and oxygen atoms in total. The van der Waals surface area contributed by atoms with E-state index in [9.17, 15) is 0 Å². The second kappa shape index (κ2) is 5.43. The number of nitrogens with two attached hydrogens (primary N) is 1. The number of fused-ring (bicyclic) bond motifs is 1. The molecule has 5 heteroatoms. The van der Waals surface area contributed by atoms with Gasteiger partial charge in [0.25, 0.3) is 0 Å². The zero-order valence-corrected chi connectivity index (χ0v) is 13.0. The number of ether oxygens (including phenoxy) is 1. The Balaban J connectivity index is 1.99. The quantitative estimate of drug-likeness (QED) is 0.803. The molecule has 2 aromatic heterocycles. The Bertz CT molecular complexity index is 911. The van der Waals surface area contributed by atoms with Crippen LogP contribution in [0.25, 0.3) is 22.3 Å². The highest BCUT2D eigenvalue weighted by Crippen LogP contribution is 2.35. The fourth-order valence-corrected chi connectivity index (χ4v) is 3.20. The fourth-order valence-electron chi connectivity index (χ4n) is 3.20. The van der Waals surface area contributed by atoms with E-state index < -0.39 is 0 Å². The fraction of sp³-hybridized carbons (Fsp3) is 0.222. The number of rotatable bonds is 3. The highest BCUT2D eigenvalue weighted by Gasteiger charge is 2.18. The maximum absolute atomic E-state index is 6.15. The maximum Gasteiger partial charge on any atom is 0.151 e. The van der Waals surface area contributed by atoms with Crippen LogP contribution in [0, 0.1) is 0 Å². The SMILES string of the molecule is COc1cccc(-n2cc(C3=CCCC3)c3ncnc(N)c32)c1. The molecule has 0 unspecified atom stereocenters. The summed E-state index contributed by atoms with van der Waals surface area (Å²) in [6.07, 6.45) is 9.35. The predicted octanol–water partition coefficient (Wildman–Crippen LogP) is 3.58. The minimum absolute atomic E-state index is 0.489. The van der Waals surface area contributed by atoms with E-state index in [1.165, 1.54) is 18.3 Å². The molecule has 0 bridgehead atoms. The van der Waals surface area contributed by atoms with Crippen LogP contribution in [0.4, 0.5) is 5.82 Å². The number of methoxy groups -OCH3 is 1. The Labute approximate surface area is 134 Å². The van der Waals surface area contributed by atoms with Gasteiger partial charge in [-0.1, -0.05) is 12.1 Å². The van der Waals surface area contributed by atoms with Crippen molar-refractivity contribution in [1.82, 2.24) is 14.5 Å². The zero-order valence-electron chi connectivity index (χ0n) is 13.0. The van der Waals surface area contributed by atoms with Crippen molar-refractivity contribution in [2.45, 2.75) is 19.3 Å². The van der Waals surface area contributed by atoms with Crippen LogP contribution in [0.3, 0.4) is 0 Å². The van der Waals surface area contributed by atoms with E-state index in [0.717, 1.165) is 40.9 Å². The van der Waals surface area contributed by atoms with Crippen molar-refractivity contribution in [3.63, 3.8) is 0 Å². The van der Waals surface area contributed by atoms with Crippen LogP contribution in [-0.4, -0.2) is 21.6 Å². The summed E-state index contributed by atoms with van der Waals surface area (Å²) in [5.74, 6) is 1.30. The second-order valence-electron chi connectivity index (χ2n) is 5.69. The van der Waals surface area contributed by atoms with Crippen molar-refractivity contribution >= 4 is 22.4 Å². The van der Waals surface area contributed by atoms with Gasteiger partial charge in [0.1, 0.15) is 23.1 Å². The number of hydrogen-bond acceptors (Lipinski definition) is 4. The van der Waals surface area contributed by atoms with Crippen molar-refractivity contribution in [3.8, 4) is 11.4 Å². The normalized spacial score (nSPS) is 14.2. The Morgan fingerprint density at radius 1 is 1.26 bits per heavy atom. The van der Waals surface area contributed by atoms with Crippen LogP contribution in [0.1, 0.15) is 24.8 Å². The third kappa shape index (κ3) is 2.25. The van der Waals surface area contributed by atoms with Gasteiger partial charge < -0.3 is 15.0 Å². The van der Waals surface area contributed by atoms with E-state index in [2.05, 4.69) is 26.8 Å². The van der Waals surface area contributed by atoms with Gasteiger partial charge in [-0.2, -0.15) is 0 Å². The van der Waals surface area contributed by atoms with Crippen LogP contribution in [0.15, 0.2) is 42.9 Å². The average molecular weight is 306 g/mol. The molecule has 0 radical (unpaired) electrons. The highest BCUT2D eigenvalue weighted by atomic mass is 16.5. The number of allylic oxidation sites excluding steroid dienone is 2. The molecule has 1 aliphatic carbocycles. The number of hydrogen-bond donors (Lipinski definition) is 1. The molecule has 1 aliphatic rings. The Kier molecular flexibility index (Phi) is 3.26. The highest BCUT2D eigenvalue weighted by molar-refractivity contribution is 5.96. The van der Waals surface area contributed by atoms with Crippen molar-refractivity contribution in [2.75, 3.05) is 12.8 Å². The largest absolute Gasteiger partial charge is 0.497 e. The van der Waals surface area contributed by atoms with E-state index in [0.29, 0.717) is 5.82 Å². The van der Waals surface area contributed by atoms with Crippen LogP contribution >= 0.6 is 0 Å². The molecule has 2 N–H and O–H groups in total. The van der Waals surface area contributed by atoms with Crippen LogP contribution < -0.4 is 10.5 Å².